The molecule has 0 radical (unpaired) electrons. The molecule has 19 heavy (non-hydrogen) atoms. The van der Waals surface area contributed by atoms with E-state index in [-0.39, 0.29) is 11.8 Å². The fraction of sp³-hybridized carbons (Fsp3) is 0.235. The molecule has 0 N–H and O–H groups in total. The summed E-state index contributed by atoms with van der Waals surface area (Å²) in [5.41, 5.74) is 3.41. The summed E-state index contributed by atoms with van der Waals surface area (Å²) >= 11 is 0. The van der Waals surface area contributed by atoms with E-state index in [0.717, 1.165) is 12.0 Å². The first-order valence-corrected chi connectivity index (χ1v) is 6.64. The van der Waals surface area contributed by atoms with Crippen LogP contribution < -0.4 is 4.90 Å². The zero-order chi connectivity index (χ0) is 13.2. The van der Waals surface area contributed by atoms with Crippen molar-refractivity contribution in [2.24, 2.45) is 0 Å². The summed E-state index contributed by atoms with van der Waals surface area (Å²) in [4.78, 5) is 14.5. The average molecular weight is 251 g/mol. The van der Waals surface area contributed by atoms with E-state index in [1.165, 1.54) is 11.3 Å². The molecule has 0 amide bonds. The van der Waals surface area contributed by atoms with Crippen LogP contribution in [0.5, 0.6) is 0 Å². The van der Waals surface area contributed by atoms with Crippen LogP contribution in [0.1, 0.15) is 22.3 Å². The van der Waals surface area contributed by atoms with E-state index in [2.05, 4.69) is 36.2 Å². The predicted molar refractivity (Wildman–Crippen MR) is 77.7 cm³/mol. The van der Waals surface area contributed by atoms with Gasteiger partial charge in [-0.3, -0.25) is 4.79 Å². The summed E-state index contributed by atoms with van der Waals surface area (Å²) in [5, 5.41) is 0. The van der Waals surface area contributed by atoms with Gasteiger partial charge < -0.3 is 4.90 Å². The number of likely N-dealkylation sites (N-methyl/N-ethyl adjacent to an activating group) is 1. The monoisotopic (exact) mass is 251 g/mol. The van der Waals surface area contributed by atoms with E-state index < -0.39 is 0 Å². The van der Waals surface area contributed by atoms with E-state index in [4.69, 9.17) is 0 Å². The number of para-hydroxylation sites is 1. The van der Waals surface area contributed by atoms with E-state index in [1.54, 1.807) is 0 Å². The minimum Gasteiger partial charge on any atom is -0.371 e. The van der Waals surface area contributed by atoms with Crippen LogP contribution in [0, 0.1) is 0 Å². The molecule has 96 valence electrons. The zero-order valence-corrected chi connectivity index (χ0v) is 11.0. The van der Waals surface area contributed by atoms with Gasteiger partial charge in [-0.25, -0.2) is 0 Å². The Hall–Kier alpha value is -2.09. The zero-order valence-electron chi connectivity index (χ0n) is 11.0. The van der Waals surface area contributed by atoms with Crippen molar-refractivity contribution in [3.63, 3.8) is 0 Å². The number of fused-ring (bicyclic) bond motifs is 1. The topological polar surface area (TPSA) is 20.3 Å². The SMILES string of the molecule is CN1c2ccccc2CC1CC(=O)c1ccccc1. The Morgan fingerprint density at radius 2 is 1.79 bits per heavy atom. The molecule has 1 heterocycles. The summed E-state index contributed by atoms with van der Waals surface area (Å²) in [7, 11) is 2.08. The summed E-state index contributed by atoms with van der Waals surface area (Å²) in [6, 6.07) is 18.2. The van der Waals surface area contributed by atoms with Gasteiger partial charge in [0, 0.05) is 30.8 Å². The van der Waals surface area contributed by atoms with Crippen molar-refractivity contribution >= 4 is 11.5 Å². The van der Waals surface area contributed by atoms with E-state index >= 15 is 0 Å². The number of Topliss-reactive ketones (excluding diaryl/α,β-unsaturated/α-hetero) is 1. The van der Waals surface area contributed by atoms with Gasteiger partial charge in [0.2, 0.25) is 0 Å². The number of hydrogen-bond acceptors (Lipinski definition) is 2. The number of benzene rings is 2. The van der Waals surface area contributed by atoms with Crippen molar-refractivity contribution in [1.82, 2.24) is 0 Å². The van der Waals surface area contributed by atoms with E-state index in [9.17, 15) is 4.79 Å². The lowest BCUT2D eigenvalue weighted by atomic mass is 10.0. The normalized spacial score (nSPS) is 17.3. The molecule has 0 aliphatic carbocycles. The van der Waals surface area contributed by atoms with Gasteiger partial charge in [-0.05, 0) is 18.1 Å². The van der Waals surface area contributed by atoms with E-state index in [0.29, 0.717) is 6.42 Å². The largest absolute Gasteiger partial charge is 0.371 e. The second-order valence-corrected chi connectivity index (χ2v) is 5.09. The average Bonchev–Trinajstić information content (AvgIpc) is 2.77. The Morgan fingerprint density at radius 3 is 2.53 bits per heavy atom. The van der Waals surface area contributed by atoms with Crippen molar-refractivity contribution in [1.29, 1.82) is 0 Å². The number of hydrogen-bond donors (Lipinski definition) is 0. The Bertz CT molecular complexity index is 591. The molecular weight excluding hydrogens is 234 g/mol. The highest BCUT2D eigenvalue weighted by Crippen LogP contribution is 2.32. The van der Waals surface area contributed by atoms with Gasteiger partial charge in [-0.15, -0.1) is 0 Å². The molecule has 2 aromatic rings. The Kier molecular flexibility index (Phi) is 3.08. The van der Waals surface area contributed by atoms with Crippen LogP contribution >= 0.6 is 0 Å². The third-order valence-electron chi connectivity index (χ3n) is 3.89. The number of rotatable bonds is 3. The van der Waals surface area contributed by atoms with Gasteiger partial charge in [-0.2, -0.15) is 0 Å². The first-order chi connectivity index (χ1) is 9.25. The lowest BCUT2D eigenvalue weighted by Crippen LogP contribution is -2.30. The van der Waals surface area contributed by atoms with Crippen LogP contribution in [-0.4, -0.2) is 18.9 Å². The summed E-state index contributed by atoms with van der Waals surface area (Å²) in [6.45, 7) is 0. The number of carbonyl (C=O) groups excluding carboxylic acids is 1. The molecular formula is C17H17NO. The molecule has 3 rings (SSSR count). The van der Waals surface area contributed by atoms with Crippen molar-refractivity contribution in [3.05, 3.63) is 65.7 Å². The molecule has 1 aliphatic rings. The Balaban J connectivity index is 1.75. The van der Waals surface area contributed by atoms with Crippen LogP contribution in [0.15, 0.2) is 54.6 Å². The van der Waals surface area contributed by atoms with Gasteiger partial charge in [0.15, 0.2) is 5.78 Å². The second-order valence-electron chi connectivity index (χ2n) is 5.09. The van der Waals surface area contributed by atoms with Crippen LogP contribution in [0.3, 0.4) is 0 Å². The highest BCUT2D eigenvalue weighted by Gasteiger charge is 2.27. The van der Waals surface area contributed by atoms with Crippen LogP contribution in [0.2, 0.25) is 0 Å². The first-order valence-electron chi connectivity index (χ1n) is 6.64. The molecule has 2 heteroatoms. The fourth-order valence-corrected chi connectivity index (χ4v) is 2.78. The smallest absolute Gasteiger partial charge is 0.164 e. The van der Waals surface area contributed by atoms with Gasteiger partial charge in [-0.1, -0.05) is 48.5 Å². The maximum Gasteiger partial charge on any atom is 0.164 e. The standard InChI is InChI=1S/C17H17NO/c1-18-15(11-14-9-5-6-10-16(14)18)12-17(19)13-7-3-2-4-8-13/h2-10,15H,11-12H2,1H3. The van der Waals surface area contributed by atoms with Crippen LogP contribution in [0.4, 0.5) is 5.69 Å². The first kappa shape index (κ1) is 12.0. The van der Waals surface area contributed by atoms with Crippen molar-refractivity contribution in [2.75, 3.05) is 11.9 Å². The third kappa shape index (κ3) is 2.26. The maximum atomic E-state index is 12.3. The Morgan fingerprint density at radius 1 is 1.11 bits per heavy atom. The molecule has 2 aromatic carbocycles. The van der Waals surface area contributed by atoms with Gasteiger partial charge >= 0.3 is 0 Å². The maximum absolute atomic E-state index is 12.3. The second kappa shape index (κ2) is 4.88. The summed E-state index contributed by atoms with van der Waals surface area (Å²) in [5.74, 6) is 0.227. The van der Waals surface area contributed by atoms with Gasteiger partial charge in [0.1, 0.15) is 0 Å². The molecule has 1 unspecified atom stereocenters. The number of ketones is 1. The van der Waals surface area contributed by atoms with Gasteiger partial charge in [0.05, 0.1) is 0 Å². The van der Waals surface area contributed by atoms with Crippen LogP contribution in [0.25, 0.3) is 0 Å². The number of carbonyl (C=O) groups is 1. The summed E-state index contributed by atoms with van der Waals surface area (Å²) in [6.07, 6.45) is 1.54. The summed E-state index contributed by atoms with van der Waals surface area (Å²) < 4.78 is 0. The Labute approximate surface area is 113 Å². The molecule has 0 spiro atoms. The molecule has 0 bridgehead atoms. The minimum atomic E-state index is 0.227. The number of anilines is 1. The molecule has 0 aromatic heterocycles. The lowest BCUT2D eigenvalue weighted by molar-refractivity contribution is 0.0974. The molecule has 0 fully saturated rings. The minimum absolute atomic E-state index is 0.227. The lowest BCUT2D eigenvalue weighted by Gasteiger charge is -2.22. The van der Waals surface area contributed by atoms with Crippen molar-refractivity contribution < 1.29 is 4.79 Å². The molecule has 2 nitrogen and oxygen atoms in total. The van der Waals surface area contributed by atoms with Crippen molar-refractivity contribution in [3.8, 4) is 0 Å². The molecule has 1 atom stereocenters. The van der Waals surface area contributed by atoms with Crippen LogP contribution in [-0.2, 0) is 6.42 Å². The molecule has 0 saturated heterocycles. The molecule has 0 saturated carbocycles. The highest BCUT2D eigenvalue weighted by molar-refractivity contribution is 5.96. The van der Waals surface area contributed by atoms with Crippen molar-refractivity contribution in [2.45, 2.75) is 18.9 Å². The highest BCUT2D eigenvalue weighted by atomic mass is 16.1. The quantitative estimate of drug-likeness (QED) is 0.780. The molecule has 1 aliphatic heterocycles. The predicted octanol–water partition coefficient (Wildman–Crippen LogP) is 3.32. The van der Waals surface area contributed by atoms with Gasteiger partial charge in [0.25, 0.3) is 0 Å². The number of nitrogens with zero attached hydrogens (tertiary/aromatic N) is 1. The van der Waals surface area contributed by atoms with E-state index in [1.807, 2.05) is 30.3 Å². The third-order valence-corrected chi connectivity index (χ3v) is 3.89. The fourth-order valence-electron chi connectivity index (χ4n) is 2.78.